The minimum absolute atomic E-state index is 0.135. The standard InChI is InChI=1S/C20H22N2O3/c1-14-16(20(23)22-10-2-3-11-22)7-5-8-17(14)21-12-15-6-4-9-18-19(15)25-13-24-18/h4-9,21H,2-3,10-13H2,1H3. The Labute approximate surface area is 147 Å². The number of para-hydroxylation sites is 1. The molecule has 2 aromatic carbocycles. The maximum atomic E-state index is 12.7. The summed E-state index contributed by atoms with van der Waals surface area (Å²) in [6, 6.07) is 11.8. The van der Waals surface area contributed by atoms with Crippen LogP contribution >= 0.6 is 0 Å². The molecule has 1 N–H and O–H groups in total. The van der Waals surface area contributed by atoms with Crippen LogP contribution in [0, 0.1) is 6.92 Å². The third-order valence-corrected chi connectivity index (χ3v) is 4.90. The van der Waals surface area contributed by atoms with E-state index in [0.717, 1.165) is 59.8 Å². The molecule has 0 bridgehead atoms. The van der Waals surface area contributed by atoms with Gasteiger partial charge in [-0.3, -0.25) is 4.79 Å². The van der Waals surface area contributed by atoms with Crippen LogP contribution in [0.4, 0.5) is 5.69 Å². The van der Waals surface area contributed by atoms with Gasteiger partial charge in [0, 0.05) is 36.4 Å². The Bertz CT molecular complexity index is 798. The molecule has 1 amide bonds. The first-order chi connectivity index (χ1) is 12.2. The highest BCUT2D eigenvalue weighted by molar-refractivity contribution is 5.97. The van der Waals surface area contributed by atoms with Crippen molar-refractivity contribution in [1.82, 2.24) is 4.90 Å². The van der Waals surface area contributed by atoms with Gasteiger partial charge in [0.2, 0.25) is 6.79 Å². The van der Waals surface area contributed by atoms with Crippen LogP contribution < -0.4 is 14.8 Å². The van der Waals surface area contributed by atoms with E-state index in [2.05, 4.69) is 5.32 Å². The van der Waals surface area contributed by atoms with Crippen molar-refractivity contribution in [2.45, 2.75) is 26.3 Å². The maximum Gasteiger partial charge on any atom is 0.254 e. The van der Waals surface area contributed by atoms with E-state index < -0.39 is 0 Å². The Morgan fingerprint density at radius 2 is 1.92 bits per heavy atom. The molecule has 1 saturated heterocycles. The van der Waals surface area contributed by atoms with Gasteiger partial charge in [-0.2, -0.15) is 0 Å². The smallest absolute Gasteiger partial charge is 0.254 e. The first-order valence-electron chi connectivity index (χ1n) is 8.74. The van der Waals surface area contributed by atoms with Crippen LogP contribution in [0.15, 0.2) is 36.4 Å². The fraction of sp³-hybridized carbons (Fsp3) is 0.350. The number of anilines is 1. The van der Waals surface area contributed by atoms with Crippen molar-refractivity contribution in [3.63, 3.8) is 0 Å². The minimum Gasteiger partial charge on any atom is -0.454 e. The highest BCUT2D eigenvalue weighted by Gasteiger charge is 2.22. The number of carbonyl (C=O) groups excluding carboxylic acids is 1. The zero-order valence-corrected chi connectivity index (χ0v) is 14.4. The molecular formula is C20H22N2O3. The van der Waals surface area contributed by atoms with E-state index in [4.69, 9.17) is 9.47 Å². The number of fused-ring (bicyclic) bond motifs is 1. The lowest BCUT2D eigenvalue weighted by molar-refractivity contribution is 0.0792. The second kappa shape index (κ2) is 6.67. The summed E-state index contributed by atoms with van der Waals surface area (Å²) in [7, 11) is 0. The molecule has 2 aromatic rings. The van der Waals surface area contributed by atoms with Crippen molar-refractivity contribution >= 4 is 11.6 Å². The molecule has 5 nitrogen and oxygen atoms in total. The average molecular weight is 338 g/mol. The van der Waals surface area contributed by atoms with Gasteiger partial charge in [0.05, 0.1) is 0 Å². The predicted molar refractivity (Wildman–Crippen MR) is 96.2 cm³/mol. The minimum atomic E-state index is 0.135. The van der Waals surface area contributed by atoms with Crippen LogP contribution in [0.25, 0.3) is 0 Å². The number of nitrogens with one attached hydrogen (secondary N) is 1. The van der Waals surface area contributed by atoms with Crippen LogP contribution in [0.2, 0.25) is 0 Å². The van der Waals surface area contributed by atoms with Crippen molar-refractivity contribution in [1.29, 1.82) is 0 Å². The first-order valence-corrected chi connectivity index (χ1v) is 8.74. The zero-order valence-electron chi connectivity index (χ0n) is 14.4. The average Bonchev–Trinajstić information content (AvgIpc) is 3.32. The van der Waals surface area contributed by atoms with Crippen LogP contribution in [0.5, 0.6) is 11.5 Å². The van der Waals surface area contributed by atoms with Gasteiger partial charge in [0.25, 0.3) is 5.91 Å². The number of amides is 1. The quantitative estimate of drug-likeness (QED) is 0.926. The Morgan fingerprint density at radius 3 is 2.76 bits per heavy atom. The molecule has 0 radical (unpaired) electrons. The van der Waals surface area contributed by atoms with Gasteiger partial charge in [0.15, 0.2) is 11.5 Å². The molecule has 0 spiro atoms. The molecule has 130 valence electrons. The number of benzene rings is 2. The molecule has 1 fully saturated rings. The maximum absolute atomic E-state index is 12.7. The van der Waals surface area contributed by atoms with E-state index in [-0.39, 0.29) is 12.7 Å². The Balaban J connectivity index is 1.52. The lowest BCUT2D eigenvalue weighted by Gasteiger charge is -2.19. The van der Waals surface area contributed by atoms with Crippen LogP contribution in [0.3, 0.4) is 0 Å². The van der Waals surface area contributed by atoms with Gasteiger partial charge in [-0.25, -0.2) is 0 Å². The lowest BCUT2D eigenvalue weighted by Crippen LogP contribution is -2.28. The third-order valence-electron chi connectivity index (χ3n) is 4.90. The van der Waals surface area contributed by atoms with Crippen molar-refractivity contribution in [2.24, 2.45) is 0 Å². The second-order valence-corrected chi connectivity index (χ2v) is 6.48. The summed E-state index contributed by atoms with van der Waals surface area (Å²) >= 11 is 0. The number of nitrogens with zero attached hydrogens (tertiary/aromatic N) is 1. The number of likely N-dealkylation sites (tertiary alicyclic amines) is 1. The topological polar surface area (TPSA) is 50.8 Å². The number of hydrogen-bond acceptors (Lipinski definition) is 4. The highest BCUT2D eigenvalue weighted by atomic mass is 16.7. The van der Waals surface area contributed by atoms with Crippen molar-refractivity contribution in [2.75, 3.05) is 25.2 Å². The fourth-order valence-electron chi connectivity index (χ4n) is 3.47. The second-order valence-electron chi connectivity index (χ2n) is 6.48. The molecule has 25 heavy (non-hydrogen) atoms. The number of ether oxygens (including phenoxy) is 2. The number of carbonyl (C=O) groups is 1. The van der Waals surface area contributed by atoms with Crippen molar-refractivity contribution in [3.8, 4) is 11.5 Å². The molecule has 2 aliphatic rings. The first kappa shape index (κ1) is 15.8. The SMILES string of the molecule is Cc1c(NCc2cccc3c2OCO3)cccc1C(=O)N1CCCC1. The molecular weight excluding hydrogens is 316 g/mol. The molecule has 4 rings (SSSR count). The summed E-state index contributed by atoms with van der Waals surface area (Å²) in [5.41, 5.74) is 3.79. The molecule has 2 heterocycles. The summed E-state index contributed by atoms with van der Waals surface area (Å²) in [5.74, 6) is 1.72. The van der Waals surface area contributed by atoms with Gasteiger partial charge in [-0.15, -0.1) is 0 Å². The summed E-state index contributed by atoms with van der Waals surface area (Å²) in [6.07, 6.45) is 2.20. The zero-order chi connectivity index (χ0) is 17.2. The molecule has 0 aliphatic carbocycles. The van der Waals surface area contributed by atoms with E-state index in [0.29, 0.717) is 6.54 Å². The van der Waals surface area contributed by atoms with E-state index in [1.165, 1.54) is 0 Å². The van der Waals surface area contributed by atoms with Gasteiger partial charge >= 0.3 is 0 Å². The summed E-state index contributed by atoms with van der Waals surface area (Å²) in [6.45, 7) is 4.62. The van der Waals surface area contributed by atoms with E-state index in [9.17, 15) is 4.79 Å². The largest absolute Gasteiger partial charge is 0.454 e. The van der Waals surface area contributed by atoms with Gasteiger partial charge in [0.1, 0.15) is 0 Å². The third kappa shape index (κ3) is 3.02. The van der Waals surface area contributed by atoms with Crippen LogP contribution in [-0.2, 0) is 6.54 Å². The highest BCUT2D eigenvalue weighted by Crippen LogP contribution is 2.35. The molecule has 0 atom stereocenters. The monoisotopic (exact) mass is 338 g/mol. The molecule has 5 heteroatoms. The van der Waals surface area contributed by atoms with E-state index >= 15 is 0 Å². The Hall–Kier alpha value is -2.69. The molecule has 0 saturated carbocycles. The van der Waals surface area contributed by atoms with E-state index in [1.807, 2.05) is 48.2 Å². The summed E-state index contributed by atoms with van der Waals surface area (Å²) < 4.78 is 11.0. The fourth-order valence-corrected chi connectivity index (χ4v) is 3.47. The number of hydrogen-bond donors (Lipinski definition) is 1. The normalized spacial score (nSPS) is 15.5. The van der Waals surface area contributed by atoms with Crippen molar-refractivity contribution in [3.05, 3.63) is 53.1 Å². The Morgan fingerprint density at radius 1 is 1.12 bits per heavy atom. The predicted octanol–water partition coefficient (Wildman–Crippen LogP) is 3.57. The molecule has 0 unspecified atom stereocenters. The van der Waals surface area contributed by atoms with Gasteiger partial charge in [-0.05, 0) is 43.5 Å². The van der Waals surface area contributed by atoms with Crippen LogP contribution in [0.1, 0.15) is 34.3 Å². The lowest BCUT2D eigenvalue weighted by atomic mass is 10.0. The van der Waals surface area contributed by atoms with Crippen LogP contribution in [-0.4, -0.2) is 30.7 Å². The summed E-state index contributed by atoms with van der Waals surface area (Å²) in [5, 5.41) is 3.44. The number of rotatable bonds is 4. The molecule has 0 aromatic heterocycles. The van der Waals surface area contributed by atoms with E-state index in [1.54, 1.807) is 0 Å². The molecule has 2 aliphatic heterocycles. The van der Waals surface area contributed by atoms with Gasteiger partial charge in [-0.1, -0.05) is 18.2 Å². The Kier molecular flexibility index (Phi) is 4.22. The van der Waals surface area contributed by atoms with Gasteiger partial charge < -0.3 is 19.7 Å². The summed E-state index contributed by atoms with van der Waals surface area (Å²) in [4.78, 5) is 14.7. The van der Waals surface area contributed by atoms with Crippen molar-refractivity contribution < 1.29 is 14.3 Å².